The van der Waals surface area contributed by atoms with Crippen molar-refractivity contribution in [2.75, 3.05) is 0 Å². The zero-order valence-corrected chi connectivity index (χ0v) is 13.6. The van der Waals surface area contributed by atoms with Gasteiger partial charge in [0.15, 0.2) is 10.8 Å². The van der Waals surface area contributed by atoms with Gasteiger partial charge in [-0.05, 0) is 43.6 Å². The molecular formula is C16H11N5O2S. The van der Waals surface area contributed by atoms with Gasteiger partial charge in [-0.2, -0.15) is 0 Å². The van der Waals surface area contributed by atoms with Crippen molar-refractivity contribution in [2.45, 2.75) is 13.8 Å². The van der Waals surface area contributed by atoms with Crippen molar-refractivity contribution in [2.24, 2.45) is 10.2 Å². The maximum Gasteiger partial charge on any atom is 0.234 e. The molecule has 1 aromatic carbocycles. The summed E-state index contributed by atoms with van der Waals surface area (Å²) in [7, 11) is 0. The molecule has 0 saturated carbocycles. The Labute approximate surface area is 141 Å². The summed E-state index contributed by atoms with van der Waals surface area (Å²) < 4.78 is 4.26. The fourth-order valence-corrected chi connectivity index (χ4v) is 2.83. The first-order valence-corrected chi connectivity index (χ1v) is 7.66. The van der Waals surface area contributed by atoms with Gasteiger partial charge in [-0.25, -0.2) is 9.22 Å². The van der Waals surface area contributed by atoms with Crippen molar-refractivity contribution in [3.05, 3.63) is 47.1 Å². The van der Waals surface area contributed by atoms with Gasteiger partial charge >= 0.3 is 0 Å². The number of nitrogens with zero attached hydrogens (tertiary/aromatic N) is 5. The molecule has 1 N–H and O–H groups in total. The molecule has 3 rings (SSSR count). The topological polar surface area (TPSA) is 92.2 Å². The average molecular weight is 337 g/mol. The summed E-state index contributed by atoms with van der Waals surface area (Å²) in [4.78, 5) is 19.1. The number of carbonyl (C=O) groups excluding carboxylic acids is 1. The third-order valence-corrected chi connectivity index (χ3v) is 4.14. The van der Waals surface area contributed by atoms with E-state index in [0.717, 1.165) is 11.5 Å². The van der Waals surface area contributed by atoms with E-state index in [0.29, 0.717) is 33.0 Å². The minimum absolute atomic E-state index is 0.0916. The number of hydrogen-bond acceptors (Lipinski definition) is 7. The van der Waals surface area contributed by atoms with E-state index in [-0.39, 0.29) is 17.1 Å². The van der Waals surface area contributed by atoms with Crippen LogP contribution in [0.4, 0.5) is 16.4 Å². The lowest BCUT2D eigenvalue weighted by Gasteiger charge is -2.00. The Bertz CT molecular complexity index is 1030. The van der Waals surface area contributed by atoms with Crippen molar-refractivity contribution >= 4 is 44.6 Å². The molecule has 2 aromatic heterocycles. The van der Waals surface area contributed by atoms with Gasteiger partial charge < -0.3 is 5.11 Å². The van der Waals surface area contributed by atoms with E-state index in [1.165, 1.54) is 19.1 Å². The van der Waals surface area contributed by atoms with Gasteiger partial charge in [0.25, 0.3) is 0 Å². The highest BCUT2D eigenvalue weighted by atomic mass is 32.1. The Morgan fingerprint density at radius 3 is 2.88 bits per heavy atom. The molecular weight excluding hydrogens is 326 g/mol. The minimum atomic E-state index is -0.255. The lowest BCUT2D eigenvalue weighted by Crippen LogP contribution is -1.91. The van der Waals surface area contributed by atoms with Crippen LogP contribution in [0.5, 0.6) is 5.75 Å². The predicted octanol–water partition coefficient (Wildman–Crippen LogP) is 4.87. The van der Waals surface area contributed by atoms with E-state index < -0.39 is 0 Å². The fraction of sp³-hybridized carbons (Fsp3) is 0.125. The third kappa shape index (κ3) is 2.73. The molecule has 0 radical (unpaired) electrons. The quantitative estimate of drug-likeness (QED) is 0.419. The molecule has 24 heavy (non-hydrogen) atoms. The number of aromatic hydroxyl groups is 1. The average Bonchev–Trinajstić information content (AvgIpc) is 2.97. The highest BCUT2D eigenvalue weighted by Gasteiger charge is 2.13. The summed E-state index contributed by atoms with van der Waals surface area (Å²) in [5.74, 6) is -0.347. The first-order chi connectivity index (χ1) is 11.5. The Kier molecular flexibility index (Phi) is 4.02. The van der Waals surface area contributed by atoms with Crippen LogP contribution in [0.3, 0.4) is 0 Å². The first kappa shape index (κ1) is 15.7. The lowest BCUT2D eigenvalue weighted by molar-refractivity contribution is 0.101. The molecule has 118 valence electrons. The molecule has 0 spiro atoms. The summed E-state index contributed by atoms with van der Waals surface area (Å²) in [5.41, 5.74) is 2.22. The zero-order valence-electron chi connectivity index (χ0n) is 12.8. The number of phenolic OH excluding ortho intramolecular Hbond substituents is 1. The van der Waals surface area contributed by atoms with Crippen LogP contribution in [0, 0.1) is 13.5 Å². The Hall–Kier alpha value is -3.18. The number of Topliss-reactive ketones (excluding diaryl/α,β-unsaturated/α-hetero) is 1. The van der Waals surface area contributed by atoms with Crippen molar-refractivity contribution < 1.29 is 9.90 Å². The van der Waals surface area contributed by atoms with Crippen LogP contribution in [-0.4, -0.2) is 20.2 Å². The smallest absolute Gasteiger partial charge is 0.234 e. The van der Waals surface area contributed by atoms with Crippen LogP contribution < -0.4 is 0 Å². The molecule has 0 aliphatic heterocycles. The van der Waals surface area contributed by atoms with Crippen LogP contribution in [0.1, 0.15) is 23.0 Å². The lowest BCUT2D eigenvalue weighted by atomic mass is 10.1. The second kappa shape index (κ2) is 6.14. The summed E-state index contributed by atoms with van der Waals surface area (Å²) in [6.45, 7) is 10.4. The maximum atomic E-state index is 11.5. The number of ketones is 1. The van der Waals surface area contributed by atoms with Crippen LogP contribution in [0.15, 0.2) is 34.6 Å². The second-order valence-electron chi connectivity index (χ2n) is 5.01. The minimum Gasteiger partial charge on any atom is -0.507 e. The van der Waals surface area contributed by atoms with Crippen molar-refractivity contribution in [3.8, 4) is 5.75 Å². The van der Waals surface area contributed by atoms with Gasteiger partial charge in [0.1, 0.15) is 5.75 Å². The summed E-state index contributed by atoms with van der Waals surface area (Å²) >= 11 is 1.12. The number of azo groups is 1. The predicted molar refractivity (Wildman–Crippen MR) is 90.7 cm³/mol. The molecule has 0 saturated heterocycles. The van der Waals surface area contributed by atoms with E-state index in [1.807, 2.05) is 0 Å². The molecule has 0 amide bonds. The number of fused-ring (bicyclic) bond motifs is 1. The zero-order chi connectivity index (χ0) is 17.3. The van der Waals surface area contributed by atoms with Gasteiger partial charge in [-0.1, -0.05) is 0 Å². The molecule has 0 unspecified atom stereocenters. The highest BCUT2D eigenvalue weighted by molar-refractivity contribution is 7.11. The van der Waals surface area contributed by atoms with Gasteiger partial charge in [0, 0.05) is 17.3 Å². The fourth-order valence-electron chi connectivity index (χ4n) is 2.15. The number of benzene rings is 1. The van der Waals surface area contributed by atoms with Crippen LogP contribution in [0.25, 0.3) is 15.7 Å². The molecule has 2 heterocycles. The molecule has 0 aliphatic carbocycles. The van der Waals surface area contributed by atoms with Gasteiger partial charge in [0.05, 0.1) is 23.3 Å². The molecule has 0 aliphatic rings. The largest absolute Gasteiger partial charge is 0.507 e. The normalized spacial score (nSPS) is 11.0. The Balaban J connectivity index is 2.02. The standard InChI is InChI=1S/C16H11N5O2S/c1-8-14(17-3)15-12(7-18-8)16(24-21-15)20-19-10-4-5-13(23)11(6-10)9(2)22/h4-7,23H,1-2H3. The number of pyridine rings is 1. The summed E-state index contributed by atoms with van der Waals surface area (Å²) in [6, 6.07) is 4.43. The van der Waals surface area contributed by atoms with Crippen LogP contribution in [-0.2, 0) is 0 Å². The molecule has 8 heteroatoms. The number of phenols is 1. The Morgan fingerprint density at radius 2 is 2.17 bits per heavy atom. The number of aromatic nitrogens is 2. The van der Waals surface area contributed by atoms with Crippen LogP contribution in [0.2, 0.25) is 0 Å². The number of rotatable bonds is 3. The van der Waals surface area contributed by atoms with Crippen molar-refractivity contribution in [1.82, 2.24) is 9.36 Å². The van der Waals surface area contributed by atoms with E-state index >= 15 is 0 Å². The SMILES string of the molecule is [C-]#[N+]c1c(C)ncc2c(N=Nc3ccc(O)c(C(C)=O)c3)snc12. The van der Waals surface area contributed by atoms with Crippen LogP contribution >= 0.6 is 11.5 Å². The monoisotopic (exact) mass is 337 g/mol. The van der Waals surface area contributed by atoms with Crippen molar-refractivity contribution in [3.63, 3.8) is 0 Å². The number of carbonyl (C=O) groups is 1. The molecule has 3 aromatic rings. The number of hydrogen-bond donors (Lipinski definition) is 1. The molecule has 0 fully saturated rings. The number of aryl methyl sites for hydroxylation is 1. The summed E-state index contributed by atoms with van der Waals surface area (Å²) in [5, 5.41) is 19.1. The maximum absolute atomic E-state index is 11.5. The Morgan fingerprint density at radius 1 is 1.38 bits per heavy atom. The van der Waals surface area contributed by atoms with E-state index in [4.69, 9.17) is 6.57 Å². The highest BCUT2D eigenvalue weighted by Crippen LogP contribution is 2.37. The summed E-state index contributed by atoms with van der Waals surface area (Å²) in [6.07, 6.45) is 1.62. The first-order valence-electron chi connectivity index (χ1n) is 6.89. The molecule has 7 nitrogen and oxygen atoms in total. The van der Waals surface area contributed by atoms with Gasteiger partial charge in [-0.3, -0.25) is 9.78 Å². The van der Waals surface area contributed by atoms with E-state index in [2.05, 4.69) is 24.4 Å². The van der Waals surface area contributed by atoms with E-state index in [1.54, 1.807) is 19.2 Å². The van der Waals surface area contributed by atoms with Gasteiger partial charge in [-0.15, -0.1) is 10.2 Å². The molecule has 0 bridgehead atoms. The van der Waals surface area contributed by atoms with E-state index in [9.17, 15) is 9.90 Å². The van der Waals surface area contributed by atoms with Crippen molar-refractivity contribution in [1.29, 1.82) is 0 Å². The second-order valence-corrected chi connectivity index (χ2v) is 5.76. The third-order valence-electron chi connectivity index (χ3n) is 3.39. The molecule has 0 atom stereocenters. The van der Waals surface area contributed by atoms with Gasteiger partial charge in [0.2, 0.25) is 5.69 Å².